The zero-order chi connectivity index (χ0) is 14.7. The molecule has 4 nitrogen and oxygen atoms in total. The summed E-state index contributed by atoms with van der Waals surface area (Å²) >= 11 is 0. The summed E-state index contributed by atoms with van der Waals surface area (Å²) in [6.07, 6.45) is 0. The van der Waals surface area contributed by atoms with Gasteiger partial charge in [0.05, 0.1) is 11.0 Å². The number of nitro groups is 1. The number of halogens is 1. The third-order valence-corrected chi connectivity index (χ3v) is 3.26. The van der Waals surface area contributed by atoms with Gasteiger partial charge in [0.15, 0.2) is 0 Å². The minimum atomic E-state index is -0.616. The van der Waals surface area contributed by atoms with Crippen LogP contribution in [-0.2, 0) is 6.54 Å². The summed E-state index contributed by atoms with van der Waals surface area (Å²) in [4.78, 5) is 10.3. The van der Waals surface area contributed by atoms with E-state index in [2.05, 4.69) is 5.32 Å². The second-order valence-electron chi connectivity index (χ2n) is 4.64. The third kappa shape index (κ3) is 2.93. The first-order valence-corrected chi connectivity index (χ1v) is 6.22. The number of aryl methyl sites for hydroxylation is 2. The fourth-order valence-corrected chi connectivity index (χ4v) is 2.12. The number of nitro benzene ring substituents is 1. The molecule has 104 valence electrons. The normalized spacial score (nSPS) is 10.3. The van der Waals surface area contributed by atoms with Crippen molar-refractivity contribution in [3.05, 3.63) is 69.0 Å². The van der Waals surface area contributed by atoms with E-state index in [0.717, 1.165) is 22.8 Å². The van der Waals surface area contributed by atoms with Gasteiger partial charge in [-0.3, -0.25) is 10.1 Å². The molecule has 0 saturated carbocycles. The van der Waals surface area contributed by atoms with Gasteiger partial charge < -0.3 is 5.32 Å². The average molecular weight is 274 g/mol. The molecule has 1 N–H and O–H groups in total. The number of rotatable bonds is 4. The van der Waals surface area contributed by atoms with Crippen LogP contribution in [0.4, 0.5) is 15.8 Å². The number of nitrogens with one attached hydrogen (secondary N) is 1. The van der Waals surface area contributed by atoms with Crippen LogP contribution in [0.3, 0.4) is 0 Å². The van der Waals surface area contributed by atoms with E-state index in [1.54, 1.807) is 0 Å². The summed E-state index contributed by atoms with van der Waals surface area (Å²) in [5.74, 6) is -0.616. The molecule has 0 fully saturated rings. The highest BCUT2D eigenvalue weighted by molar-refractivity contribution is 5.61. The SMILES string of the molecule is Cc1cccc(C)c1CNc1ccc(F)cc1[N+](=O)[O-]. The van der Waals surface area contributed by atoms with Crippen LogP contribution in [0.1, 0.15) is 16.7 Å². The number of nitrogens with zero attached hydrogens (tertiary/aromatic N) is 1. The van der Waals surface area contributed by atoms with Gasteiger partial charge in [0, 0.05) is 6.54 Å². The quantitative estimate of drug-likeness (QED) is 0.678. The maximum absolute atomic E-state index is 13.1. The van der Waals surface area contributed by atoms with E-state index < -0.39 is 10.7 Å². The van der Waals surface area contributed by atoms with E-state index in [-0.39, 0.29) is 5.69 Å². The van der Waals surface area contributed by atoms with Crippen LogP contribution in [0.15, 0.2) is 36.4 Å². The predicted octanol–water partition coefficient (Wildman–Crippen LogP) is 3.96. The Morgan fingerprint density at radius 2 is 1.85 bits per heavy atom. The summed E-state index contributed by atoms with van der Waals surface area (Å²) in [5, 5.41) is 13.9. The van der Waals surface area contributed by atoms with Gasteiger partial charge in [-0.05, 0) is 42.7 Å². The number of hydrogen-bond donors (Lipinski definition) is 1. The third-order valence-electron chi connectivity index (χ3n) is 3.26. The first-order chi connectivity index (χ1) is 9.49. The molecule has 0 amide bonds. The van der Waals surface area contributed by atoms with E-state index in [1.807, 2.05) is 32.0 Å². The molecule has 0 aromatic heterocycles. The van der Waals surface area contributed by atoms with E-state index in [4.69, 9.17) is 0 Å². The maximum atomic E-state index is 13.1. The summed E-state index contributed by atoms with van der Waals surface area (Å²) in [7, 11) is 0. The molecule has 0 atom stereocenters. The lowest BCUT2D eigenvalue weighted by molar-refractivity contribution is -0.384. The minimum Gasteiger partial charge on any atom is -0.375 e. The lowest BCUT2D eigenvalue weighted by atomic mass is 10.0. The monoisotopic (exact) mass is 274 g/mol. The molecule has 0 radical (unpaired) electrons. The Morgan fingerprint density at radius 3 is 2.45 bits per heavy atom. The van der Waals surface area contributed by atoms with Gasteiger partial charge >= 0.3 is 0 Å². The largest absolute Gasteiger partial charge is 0.375 e. The molecule has 0 unspecified atom stereocenters. The molecular weight excluding hydrogens is 259 g/mol. The molecule has 20 heavy (non-hydrogen) atoms. The van der Waals surface area contributed by atoms with E-state index in [9.17, 15) is 14.5 Å². The van der Waals surface area contributed by atoms with Gasteiger partial charge in [0.25, 0.3) is 5.69 Å². The number of benzene rings is 2. The lowest BCUT2D eigenvalue weighted by Crippen LogP contribution is -2.05. The summed E-state index contributed by atoms with van der Waals surface area (Å²) in [6.45, 7) is 4.44. The molecule has 0 bridgehead atoms. The van der Waals surface area contributed by atoms with Gasteiger partial charge in [0.1, 0.15) is 11.5 Å². The Kier molecular flexibility index (Phi) is 3.98. The van der Waals surface area contributed by atoms with E-state index in [0.29, 0.717) is 12.2 Å². The van der Waals surface area contributed by atoms with Crippen LogP contribution < -0.4 is 5.32 Å². The maximum Gasteiger partial charge on any atom is 0.295 e. The lowest BCUT2D eigenvalue weighted by Gasteiger charge is -2.12. The van der Waals surface area contributed by atoms with Crippen LogP contribution in [0, 0.1) is 29.8 Å². The molecule has 2 aromatic rings. The minimum absolute atomic E-state index is 0.253. The molecule has 2 aromatic carbocycles. The topological polar surface area (TPSA) is 55.2 Å². The smallest absolute Gasteiger partial charge is 0.295 e. The highest BCUT2D eigenvalue weighted by Crippen LogP contribution is 2.26. The van der Waals surface area contributed by atoms with Crippen molar-refractivity contribution >= 4 is 11.4 Å². The van der Waals surface area contributed by atoms with Crippen molar-refractivity contribution in [2.45, 2.75) is 20.4 Å². The summed E-state index contributed by atoms with van der Waals surface area (Å²) in [6, 6.07) is 9.47. The Balaban J connectivity index is 2.25. The van der Waals surface area contributed by atoms with Gasteiger partial charge in [-0.15, -0.1) is 0 Å². The van der Waals surface area contributed by atoms with Gasteiger partial charge in [0.2, 0.25) is 0 Å². The van der Waals surface area contributed by atoms with Crippen molar-refractivity contribution in [3.63, 3.8) is 0 Å². The van der Waals surface area contributed by atoms with Crippen molar-refractivity contribution in [2.75, 3.05) is 5.32 Å². The molecule has 0 aliphatic rings. The fraction of sp³-hybridized carbons (Fsp3) is 0.200. The molecular formula is C15H15FN2O2. The van der Waals surface area contributed by atoms with Crippen molar-refractivity contribution in [2.24, 2.45) is 0 Å². The second-order valence-corrected chi connectivity index (χ2v) is 4.64. The van der Waals surface area contributed by atoms with Crippen LogP contribution >= 0.6 is 0 Å². The second kappa shape index (κ2) is 5.69. The Bertz CT molecular complexity index is 636. The number of hydrogen-bond acceptors (Lipinski definition) is 3. The molecule has 0 aliphatic heterocycles. The first-order valence-electron chi connectivity index (χ1n) is 6.22. The summed E-state index contributed by atoms with van der Waals surface area (Å²) < 4.78 is 13.1. The van der Waals surface area contributed by atoms with Crippen LogP contribution in [0.2, 0.25) is 0 Å². The van der Waals surface area contributed by atoms with Gasteiger partial charge in [-0.1, -0.05) is 18.2 Å². The molecule has 2 rings (SSSR count). The van der Waals surface area contributed by atoms with Crippen LogP contribution in [0.5, 0.6) is 0 Å². The first kappa shape index (κ1) is 14.0. The van der Waals surface area contributed by atoms with Crippen molar-refractivity contribution in [1.29, 1.82) is 0 Å². The zero-order valence-electron chi connectivity index (χ0n) is 11.3. The predicted molar refractivity (Wildman–Crippen MR) is 76.3 cm³/mol. The van der Waals surface area contributed by atoms with Crippen molar-refractivity contribution in [3.8, 4) is 0 Å². The molecule has 0 heterocycles. The van der Waals surface area contributed by atoms with Gasteiger partial charge in [-0.25, -0.2) is 4.39 Å². The highest BCUT2D eigenvalue weighted by atomic mass is 19.1. The van der Waals surface area contributed by atoms with E-state index >= 15 is 0 Å². The number of anilines is 1. The van der Waals surface area contributed by atoms with E-state index in [1.165, 1.54) is 12.1 Å². The Morgan fingerprint density at radius 1 is 1.20 bits per heavy atom. The zero-order valence-corrected chi connectivity index (χ0v) is 11.3. The van der Waals surface area contributed by atoms with Crippen LogP contribution in [-0.4, -0.2) is 4.92 Å². The summed E-state index contributed by atoms with van der Waals surface area (Å²) in [5.41, 5.74) is 3.38. The van der Waals surface area contributed by atoms with Crippen molar-refractivity contribution < 1.29 is 9.31 Å². The van der Waals surface area contributed by atoms with Crippen molar-refractivity contribution in [1.82, 2.24) is 0 Å². The average Bonchev–Trinajstić information content (AvgIpc) is 2.39. The molecule has 5 heteroatoms. The van der Waals surface area contributed by atoms with Crippen LogP contribution in [0.25, 0.3) is 0 Å². The molecule has 0 spiro atoms. The Labute approximate surface area is 116 Å². The standard InChI is InChI=1S/C15H15FN2O2/c1-10-4-3-5-11(2)13(10)9-17-14-7-6-12(16)8-15(14)18(19)20/h3-8,17H,9H2,1-2H3. The molecule has 0 saturated heterocycles. The Hall–Kier alpha value is -2.43. The fourth-order valence-electron chi connectivity index (χ4n) is 2.12. The highest BCUT2D eigenvalue weighted by Gasteiger charge is 2.15. The molecule has 0 aliphatic carbocycles. The van der Waals surface area contributed by atoms with Gasteiger partial charge in [-0.2, -0.15) is 0 Å².